The molecule has 3 aromatic rings. The lowest BCUT2D eigenvalue weighted by Gasteiger charge is -2.12. The Morgan fingerprint density at radius 1 is 1.08 bits per heavy atom. The van der Waals surface area contributed by atoms with Gasteiger partial charge in [0.2, 0.25) is 0 Å². The molecule has 0 atom stereocenters. The topological polar surface area (TPSA) is 66.3 Å². The van der Waals surface area contributed by atoms with Gasteiger partial charge in [-0.05, 0) is 37.1 Å². The van der Waals surface area contributed by atoms with Gasteiger partial charge in [0.25, 0.3) is 0 Å². The first-order valence-corrected chi connectivity index (χ1v) is 7.80. The molecule has 24 heavy (non-hydrogen) atoms. The van der Waals surface area contributed by atoms with E-state index in [0.29, 0.717) is 0 Å². The quantitative estimate of drug-likeness (QED) is 0.672. The number of anilines is 3. The number of nitrogens with zero attached hydrogens (tertiary/aromatic N) is 3. The predicted molar refractivity (Wildman–Crippen MR) is 99.8 cm³/mol. The Kier molecular flexibility index (Phi) is 4.12. The average Bonchev–Trinajstić information content (AvgIpc) is 2.96. The van der Waals surface area contributed by atoms with E-state index in [2.05, 4.69) is 59.7 Å². The molecule has 0 saturated heterocycles. The third-order valence-corrected chi connectivity index (χ3v) is 3.85. The van der Waals surface area contributed by atoms with Crippen LogP contribution in [0.25, 0.3) is 11.3 Å². The van der Waals surface area contributed by atoms with Crippen molar-refractivity contribution < 1.29 is 0 Å². The molecule has 0 aliphatic heterocycles. The van der Waals surface area contributed by atoms with Gasteiger partial charge in [0.15, 0.2) is 5.65 Å². The number of rotatable bonds is 5. The monoisotopic (exact) mass is 322 g/mol. The minimum Gasteiger partial charge on any atom is -0.388 e. The summed E-state index contributed by atoms with van der Waals surface area (Å²) in [5.74, 6) is 1.60. The van der Waals surface area contributed by atoms with Gasteiger partial charge in [-0.3, -0.25) is 0 Å². The lowest BCUT2D eigenvalue weighted by Crippen LogP contribution is -2.06. The van der Waals surface area contributed by atoms with Gasteiger partial charge in [0, 0.05) is 31.5 Å². The maximum atomic E-state index is 4.72. The zero-order valence-corrected chi connectivity index (χ0v) is 14.4. The summed E-state index contributed by atoms with van der Waals surface area (Å²) in [4.78, 5) is 4.72. The van der Waals surface area contributed by atoms with Gasteiger partial charge in [-0.15, -0.1) is 0 Å². The summed E-state index contributed by atoms with van der Waals surface area (Å²) in [6.45, 7) is 8.18. The van der Waals surface area contributed by atoms with Crippen LogP contribution in [0, 0.1) is 13.8 Å². The van der Waals surface area contributed by atoms with Crippen molar-refractivity contribution in [2.45, 2.75) is 13.8 Å². The van der Waals surface area contributed by atoms with Crippen molar-refractivity contribution >= 4 is 28.7 Å². The van der Waals surface area contributed by atoms with Gasteiger partial charge in [-0.25, -0.2) is 4.98 Å². The molecule has 0 saturated carbocycles. The van der Waals surface area contributed by atoms with Crippen LogP contribution in [0.1, 0.15) is 16.7 Å². The molecule has 6 heteroatoms. The fourth-order valence-electron chi connectivity index (χ4n) is 2.75. The summed E-state index contributed by atoms with van der Waals surface area (Å²) >= 11 is 0. The smallest absolute Gasteiger partial charge is 0.168 e. The molecule has 0 fully saturated rings. The number of hydrogen-bond donors (Lipinski definition) is 3. The van der Waals surface area contributed by atoms with Crippen LogP contribution < -0.4 is 16.0 Å². The standard InChI is InChI=1S/C18H22N6/c1-11-6-12(2)8-14(7-11)22-16-9-17(20-5)24-18(23-16)15(10-21-24)13(3)19-4/h6-10,19-20H,3H2,1-2,4-5H3,(H,22,23). The van der Waals surface area contributed by atoms with Crippen molar-refractivity contribution in [3.8, 4) is 0 Å². The van der Waals surface area contributed by atoms with Gasteiger partial charge in [-0.2, -0.15) is 9.61 Å². The Hall–Kier alpha value is -3.02. The van der Waals surface area contributed by atoms with Crippen molar-refractivity contribution in [3.63, 3.8) is 0 Å². The highest BCUT2D eigenvalue weighted by atomic mass is 15.3. The summed E-state index contributed by atoms with van der Waals surface area (Å²) in [6.07, 6.45) is 1.77. The van der Waals surface area contributed by atoms with Crippen molar-refractivity contribution in [2.75, 3.05) is 24.7 Å². The molecule has 3 rings (SSSR count). The van der Waals surface area contributed by atoms with Gasteiger partial charge in [0.1, 0.15) is 11.6 Å². The maximum absolute atomic E-state index is 4.72. The molecule has 0 unspecified atom stereocenters. The van der Waals surface area contributed by atoms with Crippen LogP contribution in [0.5, 0.6) is 0 Å². The van der Waals surface area contributed by atoms with Gasteiger partial charge >= 0.3 is 0 Å². The first kappa shape index (κ1) is 15.9. The van der Waals surface area contributed by atoms with E-state index < -0.39 is 0 Å². The lowest BCUT2D eigenvalue weighted by molar-refractivity contribution is 0.944. The van der Waals surface area contributed by atoms with E-state index in [1.54, 1.807) is 10.7 Å². The number of fused-ring (bicyclic) bond motifs is 1. The van der Waals surface area contributed by atoms with Gasteiger partial charge in [-0.1, -0.05) is 12.6 Å². The molecule has 0 aliphatic rings. The molecule has 124 valence electrons. The second kappa shape index (κ2) is 6.23. The Morgan fingerprint density at radius 3 is 2.42 bits per heavy atom. The van der Waals surface area contributed by atoms with E-state index in [0.717, 1.165) is 34.2 Å². The van der Waals surface area contributed by atoms with E-state index in [1.165, 1.54) is 11.1 Å². The average molecular weight is 322 g/mol. The molecule has 3 N–H and O–H groups in total. The first-order valence-electron chi connectivity index (χ1n) is 7.80. The minimum absolute atomic E-state index is 0.744. The lowest BCUT2D eigenvalue weighted by atomic mass is 10.1. The van der Waals surface area contributed by atoms with E-state index in [1.807, 2.05) is 20.2 Å². The van der Waals surface area contributed by atoms with Crippen LogP contribution in [0.3, 0.4) is 0 Å². The zero-order chi connectivity index (χ0) is 17.3. The third kappa shape index (κ3) is 2.90. The molecule has 6 nitrogen and oxygen atoms in total. The Bertz CT molecular complexity index is 889. The van der Waals surface area contributed by atoms with Crippen molar-refractivity contribution in [1.29, 1.82) is 0 Å². The van der Waals surface area contributed by atoms with E-state index in [4.69, 9.17) is 4.98 Å². The second-order valence-corrected chi connectivity index (χ2v) is 5.80. The third-order valence-electron chi connectivity index (χ3n) is 3.85. The summed E-state index contributed by atoms with van der Waals surface area (Å²) in [5.41, 5.74) is 5.83. The molecular formula is C18H22N6. The van der Waals surface area contributed by atoms with Crippen LogP contribution in [-0.2, 0) is 0 Å². The summed E-state index contributed by atoms with van der Waals surface area (Å²) in [5, 5.41) is 14.0. The Labute approximate surface area is 141 Å². The van der Waals surface area contributed by atoms with Crippen LogP contribution in [0.15, 0.2) is 37.0 Å². The highest BCUT2D eigenvalue weighted by Gasteiger charge is 2.13. The summed E-state index contributed by atoms with van der Waals surface area (Å²) in [7, 11) is 3.70. The van der Waals surface area contributed by atoms with Crippen LogP contribution in [0.2, 0.25) is 0 Å². The number of nitrogens with one attached hydrogen (secondary N) is 3. The summed E-state index contributed by atoms with van der Waals surface area (Å²) in [6, 6.07) is 8.28. The molecule has 0 radical (unpaired) electrons. The van der Waals surface area contributed by atoms with Crippen LogP contribution in [0.4, 0.5) is 17.3 Å². The minimum atomic E-state index is 0.744. The molecule has 2 heterocycles. The van der Waals surface area contributed by atoms with E-state index in [9.17, 15) is 0 Å². The SMILES string of the molecule is C=C(NC)c1cnn2c(NC)cc(Nc3cc(C)cc(C)c3)nc12. The van der Waals surface area contributed by atoms with E-state index in [-0.39, 0.29) is 0 Å². The first-order chi connectivity index (χ1) is 11.5. The number of benzene rings is 1. The molecule has 0 spiro atoms. The molecule has 0 aliphatic carbocycles. The highest BCUT2D eigenvalue weighted by molar-refractivity contribution is 5.76. The summed E-state index contributed by atoms with van der Waals surface area (Å²) < 4.78 is 1.77. The molecular weight excluding hydrogens is 300 g/mol. The normalized spacial score (nSPS) is 10.7. The fraction of sp³-hybridized carbons (Fsp3) is 0.222. The second-order valence-electron chi connectivity index (χ2n) is 5.80. The number of aromatic nitrogens is 3. The van der Waals surface area contributed by atoms with Gasteiger partial charge < -0.3 is 16.0 Å². The van der Waals surface area contributed by atoms with Crippen LogP contribution >= 0.6 is 0 Å². The van der Waals surface area contributed by atoms with Crippen molar-refractivity contribution in [2.24, 2.45) is 0 Å². The number of aryl methyl sites for hydroxylation is 2. The fourth-order valence-corrected chi connectivity index (χ4v) is 2.75. The van der Waals surface area contributed by atoms with Crippen molar-refractivity contribution in [1.82, 2.24) is 19.9 Å². The van der Waals surface area contributed by atoms with E-state index >= 15 is 0 Å². The van der Waals surface area contributed by atoms with Gasteiger partial charge in [0.05, 0.1) is 11.8 Å². The zero-order valence-electron chi connectivity index (χ0n) is 14.4. The Balaban J connectivity index is 2.09. The molecule has 1 aromatic carbocycles. The molecule has 0 amide bonds. The predicted octanol–water partition coefficient (Wildman–Crippen LogP) is 3.32. The largest absolute Gasteiger partial charge is 0.388 e. The molecule has 2 aromatic heterocycles. The highest BCUT2D eigenvalue weighted by Crippen LogP contribution is 2.24. The number of hydrogen-bond acceptors (Lipinski definition) is 5. The van der Waals surface area contributed by atoms with Crippen LogP contribution in [-0.4, -0.2) is 28.7 Å². The maximum Gasteiger partial charge on any atom is 0.168 e. The van der Waals surface area contributed by atoms with Crippen molar-refractivity contribution in [3.05, 3.63) is 53.7 Å². The Morgan fingerprint density at radius 2 is 1.79 bits per heavy atom. The molecule has 0 bridgehead atoms.